The highest BCUT2D eigenvalue weighted by Crippen LogP contribution is 2.24. The summed E-state index contributed by atoms with van der Waals surface area (Å²) in [6.07, 6.45) is 0.798. The van der Waals surface area contributed by atoms with Crippen LogP contribution in [0.3, 0.4) is 0 Å². The van der Waals surface area contributed by atoms with Crippen molar-refractivity contribution >= 4 is 27.0 Å². The Kier molecular flexibility index (Phi) is 4.14. The fourth-order valence-electron chi connectivity index (χ4n) is 3.37. The third kappa shape index (κ3) is 3.55. The summed E-state index contributed by atoms with van der Waals surface area (Å²) in [6.45, 7) is 2.83. The van der Waals surface area contributed by atoms with Crippen LogP contribution in [0.1, 0.15) is 17.7 Å². The molecule has 1 aliphatic rings. The van der Waals surface area contributed by atoms with Crippen molar-refractivity contribution in [1.29, 1.82) is 0 Å². The van der Waals surface area contributed by atoms with E-state index in [0.29, 0.717) is 19.5 Å². The van der Waals surface area contributed by atoms with E-state index in [1.807, 2.05) is 31.2 Å². The molecule has 1 amide bonds. The summed E-state index contributed by atoms with van der Waals surface area (Å²) < 4.78 is 34.2. The molecule has 0 bridgehead atoms. The number of fused-ring (bicyclic) bond motifs is 1. The lowest BCUT2D eigenvalue weighted by Gasteiger charge is -2.16. The van der Waals surface area contributed by atoms with Gasteiger partial charge in [-0.1, -0.05) is 18.2 Å². The number of hydrogen-bond acceptors (Lipinski definition) is 3. The molecular weight excluding hydrogens is 319 g/mol. The number of aromatic nitrogens is 1. The maximum atomic E-state index is 12.8. The standard InChI is InChI=1S/C16H19FN2O3S/c1-11-13(14-4-2-3-5-15(14)18-11)6-7-19-9-12(8-16(19)20)10-23(17,21)22/h2-5,12,18H,6-10H2,1H3. The zero-order valence-corrected chi connectivity index (χ0v) is 13.7. The van der Waals surface area contributed by atoms with Crippen molar-refractivity contribution in [2.45, 2.75) is 19.8 Å². The van der Waals surface area contributed by atoms with E-state index in [9.17, 15) is 17.1 Å². The number of H-pyrrole nitrogens is 1. The molecule has 0 aliphatic carbocycles. The van der Waals surface area contributed by atoms with E-state index in [1.54, 1.807) is 4.90 Å². The van der Waals surface area contributed by atoms with Gasteiger partial charge in [0, 0.05) is 42.0 Å². The highest BCUT2D eigenvalue weighted by Gasteiger charge is 2.32. The van der Waals surface area contributed by atoms with Crippen LogP contribution in [0.2, 0.25) is 0 Å². The Balaban J connectivity index is 1.68. The second kappa shape index (κ2) is 5.96. The molecule has 1 aliphatic heterocycles. The van der Waals surface area contributed by atoms with E-state index in [1.165, 1.54) is 0 Å². The minimum absolute atomic E-state index is 0.101. The highest BCUT2D eigenvalue weighted by atomic mass is 32.3. The van der Waals surface area contributed by atoms with E-state index in [0.717, 1.165) is 22.2 Å². The van der Waals surface area contributed by atoms with Gasteiger partial charge in [-0.2, -0.15) is 8.42 Å². The number of carbonyl (C=O) groups excluding carboxylic acids is 1. The van der Waals surface area contributed by atoms with Crippen molar-refractivity contribution in [1.82, 2.24) is 9.88 Å². The number of para-hydroxylation sites is 1. The molecule has 3 rings (SSSR count). The molecule has 23 heavy (non-hydrogen) atoms. The summed E-state index contributed by atoms with van der Waals surface area (Å²) >= 11 is 0. The number of benzene rings is 1. The molecule has 1 aromatic carbocycles. The first-order valence-electron chi connectivity index (χ1n) is 7.60. The smallest absolute Gasteiger partial charge is 0.302 e. The minimum atomic E-state index is -4.53. The molecule has 0 spiro atoms. The summed E-state index contributed by atoms with van der Waals surface area (Å²) in [5, 5.41) is 1.14. The summed E-state index contributed by atoms with van der Waals surface area (Å²) in [5.41, 5.74) is 3.30. The van der Waals surface area contributed by atoms with Gasteiger partial charge in [0.15, 0.2) is 0 Å². The molecule has 0 radical (unpaired) electrons. The Morgan fingerprint density at radius 1 is 1.35 bits per heavy atom. The first kappa shape index (κ1) is 16.0. The normalized spacial score (nSPS) is 19.0. The van der Waals surface area contributed by atoms with Gasteiger partial charge >= 0.3 is 10.2 Å². The van der Waals surface area contributed by atoms with Crippen molar-refractivity contribution in [3.8, 4) is 0 Å². The average molecular weight is 338 g/mol. The number of amides is 1. The van der Waals surface area contributed by atoms with Crippen LogP contribution in [0, 0.1) is 12.8 Å². The van der Waals surface area contributed by atoms with Crippen molar-refractivity contribution < 1.29 is 17.1 Å². The van der Waals surface area contributed by atoms with Gasteiger partial charge in [0.1, 0.15) is 0 Å². The predicted octanol–water partition coefficient (Wildman–Crippen LogP) is 2.17. The predicted molar refractivity (Wildman–Crippen MR) is 86.3 cm³/mol. The maximum Gasteiger partial charge on any atom is 0.302 e. The Hall–Kier alpha value is -1.89. The molecule has 7 heteroatoms. The SMILES string of the molecule is Cc1[nH]c2ccccc2c1CCN1CC(CS(=O)(=O)F)CC1=O. The van der Waals surface area contributed by atoms with Crippen LogP contribution in [0.25, 0.3) is 10.9 Å². The van der Waals surface area contributed by atoms with Gasteiger partial charge in [0.2, 0.25) is 5.91 Å². The van der Waals surface area contributed by atoms with E-state index in [-0.39, 0.29) is 12.3 Å². The van der Waals surface area contributed by atoms with Crippen LogP contribution in [0.15, 0.2) is 24.3 Å². The number of nitrogens with zero attached hydrogens (tertiary/aromatic N) is 1. The molecule has 0 saturated carbocycles. The molecule has 1 atom stereocenters. The number of carbonyl (C=O) groups is 1. The summed E-state index contributed by atoms with van der Waals surface area (Å²) in [5.74, 6) is -1.11. The number of nitrogens with one attached hydrogen (secondary N) is 1. The molecule has 2 heterocycles. The van der Waals surface area contributed by atoms with Gasteiger partial charge < -0.3 is 9.88 Å². The first-order valence-corrected chi connectivity index (χ1v) is 9.15. The van der Waals surface area contributed by atoms with Gasteiger partial charge in [-0.3, -0.25) is 4.79 Å². The fraction of sp³-hybridized carbons (Fsp3) is 0.438. The minimum Gasteiger partial charge on any atom is -0.358 e. The van der Waals surface area contributed by atoms with Gasteiger partial charge in [-0.25, -0.2) is 0 Å². The molecule has 124 valence electrons. The van der Waals surface area contributed by atoms with Crippen LogP contribution in [-0.4, -0.2) is 43.1 Å². The second-order valence-electron chi connectivity index (χ2n) is 6.14. The monoisotopic (exact) mass is 338 g/mol. The zero-order valence-electron chi connectivity index (χ0n) is 12.9. The van der Waals surface area contributed by atoms with Gasteiger partial charge in [0.05, 0.1) is 5.75 Å². The Bertz CT molecular complexity index is 844. The van der Waals surface area contributed by atoms with Gasteiger partial charge in [-0.05, 0) is 25.0 Å². The van der Waals surface area contributed by atoms with Crippen LogP contribution in [0.5, 0.6) is 0 Å². The number of aromatic amines is 1. The first-order chi connectivity index (χ1) is 10.8. The van der Waals surface area contributed by atoms with Crippen LogP contribution in [0.4, 0.5) is 3.89 Å². The Morgan fingerprint density at radius 3 is 2.83 bits per heavy atom. The highest BCUT2D eigenvalue weighted by molar-refractivity contribution is 7.86. The van der Waals surface area contributed by atoms with Gasteiger partial charge in [0.25, 0.3) is 0 Å². The molecule has 1 aromatic heterocycles. The largest absolute Gasteiger partial charge is 0.358 e. The molecule has 1 saturated heterocycles. The number of halogens is 1. The third-order valence-electron chi connectivity index (χ3n) is 4.39. The molecule has 5 nitrogen and oxygen atoms in total. The number of rotatable bonds is 5. The summed E-state index contributed by atoms with van der Waals surface area (Å²) in [4.78, 5) is 16.9. The quantitative estimate of drug-likeness (QED) is 0.850. The van der Waals surface area contributed by atoms with Crippen molar-refractivity contribution in [2.24, 2.45) is 5.92 Å². The van der Waals surface area contributed by atoms with Crippen LogP contribution in [-0.2, 0) is 21.4 Å². The lowest BCUT2D eigenvalue weighted by atomic mass is 10.1. The molecular formula is C16H19FN2O3S. The zero-order chi connectivity index (χ0) is 16.6. The van der Waals surface area contributed by atoms with E-state index >= 15 is 0 Å². The lowest BCUT2D eigenvalue weighted by Crippen LogP contribution is -2.28. The molecule has 2 aromatic rings. The van der Waals surface area contributed by atoms with Crippen molar-refractivity contribution in [2.75, 3.05) is 18.8 Å². The van der Waals surface area contributed by atoms with E-state index in [4.69, 9.17) is 0 Å². The lowest BCUT2D eigenvalue weighted by molar-refractivity contribution is -0.127. The topological polar surface area (TPSA) is 70.2 Å². The number of hydrogen-bond donors (Lipinski definition) is 1. The summed E-state index contributed by atoms with van der Waals surface area (Å²) in [7, 11) is -4.53. The number of aryl methyl sites for hydroxylation is 1. The van der Waals surface area contributed by atoms with E-state index in [2.05, 4.69) is 4.98 Å². The van der Waals surface area contributed by atoms with Crippen LogP contribution >= 0.6 is 0 Å². The van der Waals surface area contributed by atoms with Crippen LogP contribution < -0.4 is 0 Å². The summed E-state index contributed by atoms with van der Waals surface area (Å²) in [6, 6.07) is 7.99. The molecule has 1 unspecified atom stereocenters. The molecule has 1 fully saturated rings. The average Bonchev–Trinajstić information content (AvgIpc) is 2.94. The fourth-order valence-corrected chi connectivity index (χ4v) is 4.15. The third-order valence-corrected chi connectivity index (χ3v) is 5.26. The Morgan fingerprint density at radius 2 is 2.09 bits per heavy atom. The second-order valence-corrected chi connectivity index (χ2v) is 7.55. The molecule has 1 N–H and O–H groups in total. The van der Waals surface area contributed by atoms with Gasteiger partial charge in [-0.15, -0.1) is 3.89 Å². The number of likely N-dealkylation sites (tertiary alicyclic amines) is 1. The van der Waals surface area contributed by atoms with E-state index < -0.39 is 21.9 Å². The van der Waals surface area contributed by atoms with Crippen molar-refractivity contribution in [3.63, 3.8) is 0 Å². The maximum absolute atomic E-state index is 12.8. The Labute approximate surface area is 134 Å². The van der Waals surface area contributed by atoms with Crippen molar-refractivity contribution in [3.05, 3.63) is 35.5 Å².